The van der Waals surface area contributed by atoms with Gasteiger partial charge in [-0.1, -0.05) is 6.07 Å². The number of rotatable bonds is 3. The van der Waals surface area contributed by atoms with Crippen LogP contribution < -0.4 is 5.32 Å². The number of aryl methyl sites for hydroxylation is 2. The molecule has 0 unspecified atom stereocenters. The Morgan fingerprint density at radius 3 is 2.50 bits per heavy atom. The molecule has 1 amide bonds. The Bertz CT molecular complexity index is 658. The molecule has 0 aliphatic rings. The van der Waals surface area contributed by atoms with Crippen molar-refractivity contribution >= 4 is 17.6 Å². The number of nitrogens with one attached hydrogen (secondary N) is 1. The molecule has 0 aliphatic heterocycles. The highest BCUT2D eigenvalue weighted by molar-refractivity contribution is 6.03. The lowest BCUT2D eigenvalue weighted by Crippen LogP contribution is -2.13. The van der Waals surface area contributed by atoms with Gasteiger partial charge < -0.3 is 14.5 Å². The first-order valence-corrected chi connectivity index (χ1v) is 6.08. The number of benzene rings is 1. The van der Waals surface area contributed by atoms with Gasteiger partial charge in [0.25, 0.3) is 5.91 Å². The van der Waals surface area contributed by atoms with Crippen LogP contribution in [0.5, 0.6) is 0 Å². The summed E-state index contributed by atoms with van der Waals surface area (Å²) in [6, 6.07) is 8.29. The summed E-state index contributed by atoms with van der Waals surface area (Å²) in [4.78, 5) is 23.5. The Morgan fingerprint density at radius 2 is 1.90 bits per heavy atom. The van der Waals surface area contributed by atoms with Gasteiger partial charge in [-0.2, -0.15) is 0 Å². The largest absolute Gasteiger partial charge is 0.465 e. The van der Waals surface area contributed by atoms with Gasteiger partial charge >= 0.3 is 5.97 Å². The molecule has 1 aromatic heterocycles. The molecule has 104 valence electrons. The molecule has 0 saturated heterocycles. The second-order valence-electron chi connectivity index (χ2n) is 4.39. The standard InChI is InChI=1S/C15H15NO4/c1-9-4-6-11(15(18)19-3)8-12(9)16-14(17)13-7-5-10(2)20-13/h4-8H,1-3H3,(H,16,17). The first-order valence-electron chi connectivity index (χ1n) is 6.08. The van der Waals surface area contributed by atoms with E-state index in [0.717, 1.165) is 5.56 Å². The van der Waals surface area contributed by atoms with Crippen molar-refractivity contribution in [2.75, 3.05) is 12.4 Å². The van der Waals surface area contributed by atoms with E-state index in [0.29, 0.717) is 17.0 Å². The van der Waals surface area contributed by atoms with Crippen molar-refractivity contribution in [2.24, 2.45) is 0 Å². The molecule has 0 aliphatic carbocycles. The van der Waals surface area contributed by atoms with Gasteiger partial charge in [0.05, 0.1) is 12.7 Å². The molecule has 5 nitrogen and oxygen atoms in total. The molecule has 0 atom stereocenters. The number of hydrogen-bond donors (Lipinski definition) is 1. The highest BCUT2D eigenvalue weighted by atomic mass is 16.5. The third-order valence-corrected chi connectivity index (χ3v) is 2.87. The van der Waals surface area contributed by atoms with Crippen molar-refractivity contribution in [1.29, 1.82) is 0 Å². The summed E-state index contributed by atoms with van der Waals surface area (Å²) < 4.78 is 9.91. The second kappa shape index (κ2) is 5.61. The third-order valence-electron chi connectivity index (χ3n) is 2.87. The van der Waals surface area contributed by atoms with E-state index in [-0.39, 0.29) is 11.7 Å². The van der Waals surface area contributed by atoms with Gasteiger partial charge in [0.2, 0.25) is 0 Å². The first-order chi connectivity index (χ1) is 9.51. The summed E-state index contributed by atoms with van der Waals surface area (Å²) in [7, 11) is 1.31. The van der Waals surface area contributed by atoms with Crippen molar-refractivity contribution in [2.45, 2.75) is 13.8 Å². The topological polar surface area (TPSA) is 68.5 Å². The molecule has 20 heavy (non-hydrogen) atoms. The summed E-state index contributed by atoms with van der Waals surface area (Å²) in [6.45, 7) is 3.60. The van der Waals surface area contributed by atoms with Crippen LogP contribution in [0, 0.1) is 13.8 Å². The maximum atomic E-state index is 12.0. The molecule has 1 aromatic carbocycles. The Morgan fingerprint density at radius 1 is 1.15 bits per heavy atom. The molecule has 2 aromatic rings. The van der Waals surface area contributed by atoms with Crippen LogP contribution >= 0.6 is 0 Å². The van der Waals surface area contributed by atoms with Gasteiger partial charge in [0.1, 0.15) is 5.76 Å². The lowest BCUT2D eigenvalue weighted by Gasteiger charge is -2.09. The van der Waals surface area contributed by atoms with E-state index in [1.165, 1.54) is 7.11 Å². The van der Waals surface area contributed by atoms with Crippen LogP contribution in [0.2, 0.25) is 0 Å². The summed E-state index contributed by atoms with van der Waals surface area (Å²) in [5.41, 5.74) is 1.77. The molecular weight excluding hydrogens is 258 g/mol. The van der Waals surface area contributed by atoms with Crippen molar-refractivity contribution in [3.05, 3.63) is 53.0 Å². The van der Waals surface area contributed by atoms with Crippen LogP contribution in [0.15, 0.2) is 34.7 Å². The highest BCUT2D eigenvalue weighted by Crippen LogP contribution is 2.19. The van der Waals surface area contributed by atoms with Crippen LogP contribution in [0.4, 0.5) is 5.69 Å². The van der Waals surface area contributed by atoms with Crippen molar-refractivity contribution in [3.8, 4) is 0 Å². The number of furan rings is 1. The van der Waals surface area contributed by atoms with Gasteiger partial charge in [-0.3, -0.25) is 4.79 Å². The number of esters is 1. The van der Waals surface area contributed by atoms with Gasteiger partial charge in [-0.15, -0.1) is 0 Å². The highest BCUT2D eigenvalue weighted by Gasteiger charge is 2.13. The average Bonchev–Trinajstić information content (AvgIpc) is 2.87. The fraction of sp³-hybridized carbons (Fsp3) is 0.200. The summed E-state index contributed by atoms with van der Waals surface area (Å²) in [5.74, 6) is 0.0816. The Kier molecular flexibility index (Phi) is 3.89. The Balaban J connectivity index is 2.24. The van der Waals surface area contributed by atoms with Crippen molar-refractivity contribution < 1.29 is 18.7 Å². The number of hydrogen-bond acceptors (Lipinski definition) is 4. The molecule has 1 heterocycles. The predicted molar refractivity (Wildman–Crippen MR) is 73.9 cm³/mol. The first kappa shape index (κ1) is 13.9. The van der Waals surface area contributed by atoms with Crippen molar-refractivity contribution in [3.63, 3.8) is 0 Å². The van der Waals surface area contributed by atoms with Crippen LogP contribution in [0.1, 0.15) is 32.2 Å². The number of carbonyl (C=O) groups excluding carboxylic acids is 2. The Hall–Kier alpha value is -2.56. The van der Waals surface area contributed by atoms with Gasteiger partial charge in [0.15, 0.2) is 5.76 Å². The van der Waals surface area contributed by atoms with Crippen LogP contribution in [0.25, 0.3) is 0 Å². The summed E-state index contributed by atoms with van der Waals surface area (Å²) in [5, 5.41) is 2.72. The fourth-order valence-corrected chi connectivity index (χ4v) is 1.74. The minimum absolute atomic E-state index is 0.227. The predicted octanol–water partition coefficient (Wildman–Crippen LogP) is 2.94. The number of amides is 1. The molecule has 5 heteroatoms. The molecule has 0 saturated carbocycles. The van der Waals surface area contributed by atoms with E-state index >= 15 is 0 Å². The molecule has 0 bridgehead atoms. The summed E-state index contributed by atoms with van der Waals surface area (Å²) >= 11 is 0. The van der Waals surface area contributed by atoms with E-state index in [9.17, 15) is 9.59 Å². The zero-order chi connectivity index (χ0) is 14.7. The van der Waals surface area contributed by atoms with Gasteiger partial charge in [-0.05, 0) is 43.7 Å². The number of methoxy groups -OCH3 is 1. The minimum atomic E-state index is -0.450. The summed E-state index contributed by atoms with van der Waals surface area (Å²) in [6.07, 6.45) is 0. The molecule has 2 rings (SSSR count). The Labute approximate surface area is 116 Å². The lowest BCUT2D eigenvalue weighted by atomic mass is 10.1. The SMILES string of the molecule is COC(=O)c1ccc(C)c(NC(=O)c2ccc(C)o2)c1. The van der Waals surface area contributed by atoms with Gasteiger partial charge in [-0.25, -0.2) is 4.79 Å². The average molecular weight is 273 g/mol. The number of carbonyl (C=O) groups is 2. The van der Waals surface area contributed by atoms with Crippen LogP contribution in [0.3, 0.4) is 0 Å². The molecule has 0 fully saturated rings. The van der Waals surface area contributed by atoms with E-state index in [1.807, 2.05) is 6.92 Å². The van der Waals surface area contributed by atoms with E-state index < -0.39 is 5.97 Å². The maximum Gasteiger partial charge on any atom is 0.337 e. The van der Waals surface area contributed by atoms with Gasteiger partial charge in [0, 0.05) is 5.69 Å². The molecule has 0 radical (unpaired) electrons. The zero-order valence-corrected chi connectivity index (χ0v) is 11.5. The molecular formula is C15H15NO4. The van der Waals surface area contributed by atoms with E-state index in [2.05, 4.69) is 10.1 Å². The maximum absolute atomic E-state index is 12.0. The van der Waals surface area contributed by atoms with E-state index in [1.54, 1.807) is 37.3 Å². The zero-order valence-electron chi connectivity index (χ0n) is 11.5. The minimum Gasteiger partial charge on any atom is -0.465 e. The number of ether oxygens (including phenoxy) is 1. The lowest BCUT2D eigenvalue weighted by molar-refractivity contribution is 0.0600. The van der Waals surface area contributed by atoms with E-state index in [4.69, 9.17) is 4.42 Å². The molecule has 1 N–H and O–H groups in total. The van der Waals surface area contributed by atoms with Crippen molar-refractivity contribution in [1.82, 2.24) is 0 Å². The fourth-order valence-electron chi connectivity index (χ4n) is 1.74. The smallest absolute Gasteiger partial charge is 0.337 e. The van der Waals surface area contributed by atoms with Crippen LogP contribution in [-0.2, 0) is 4.74 Å². The third kappa shape index (κ3) is 2.88. The quantitative estimate of drug-likeness (QED) is 0.873. The second-order valence-corrected chi connectivity index (χ2v) is 4.39. The van der Waals surface area contributed by atoms with Crippen LogP contribution in [-0.4, -0.2) is 19.0 Å². The monoisotopic (exact) mass is 273 g/mol. The normalized spacial score (nSPS) is 10.2. The number of anilines is 1. The molecule has 0 spiro atoms.